The van der Waals surface area contributed by atoms with Gasteiger partial charge in [-0.3, -0.25) is 0 Å². The number of fused-ring (bicyclic) bond motifs is 3. The Morgan fingerprint density at radius 1 is 1.00 bits per heavy atom. The van der Waals surface area contributed by atoms with Crippen LogP contribution in [0.5, 0.6) is 0 Å². The molecule has 3 rings (SSSR count). The summed E-state index contributed by atoms with van der Waals surface area (Å²) in [7, 11) is 0. The molecule has 1 aromatic heterocycles. The Hall–Kier alpha value is -1.60. The van der Waals surface area contributed by atoms with Crippen LogP contribution in [0.4, 0.5) is 4.39 Å². The summed E-state index contributed by atoms with van der Waals surface area (Å²) in [5.74, 6) is -0.378. The van der Waals surface area contributed by atoms with Gasteiger partial charge in [0.05, 0.1) is 17.1 Å². The van der Waals surface area contributed by atoms with E-state index >= 15 is 0 Å². The van der Waals surface area contributed by atoms with Gasteiger partial charge in [0, 0.05) is 10.8 Å². The molecule has 0 saturated heterocycles. The van der Waals surface area contributed by atoms with Gasteiger partial charge in [0.1, 0.15) is 11.5 Å². The van der Waals surface area contributed by atoms with E-state index in [9.17, 15) is 4.39 Å². The highest BCUT2D eigenvalue weighted by Crippen LogP contribution is 2.42. The zero-order valence-electron chi connectivity index (χ0n) is 10.4. The summed E-state index contributed by atoms with van der Waals surface area (Å²) >= 11 is 17.9. The SMILES string of the molecule is N#Cc1ccc2c(c1)c(C(Cl)(Cl)Cl)nc1ccc(F)cc12. The number of hydrogen-bond donors (Lipinski definition) is 0. The van der Waals surface area contributed by atoms with Gasteiger partial charge in [0.25, 0.3) is 0 Å². The second-order valence-corrected chi connectivity index (χ2v) is 6.77. The minimum Gasteiger partial charge on any atom is -0.248 e. The molecule has 6 heteroatoms. The Morgan fingerprint density at radius 3 is 2.43 bits per heavy atom. The van der Waals surface area contributed by atoms with Crippen LogP contribution in [-0.2, 0) is 3.79 Å². The number of benzene rings is 2. The normalized spacial score (nSPS) is 11.8. The molecule has 2 aromatic carbocycles. The lowest BCUT2D eigenvalue weighted by molar-refractivity contribution is 0.629. The quantitative estimate of drug-likeness (QED) is 0.415. The molecule has 104 valence electrons. The zero-order chi connectivity index (χ0) is 15.2. The number of halogens is 4. The van der Waals surface area contributed by atoms with Crippen molar-refractivity contribution in [3.63, 3.8) is 0 Å². The molecule has 0 saturated carbocycles. The van der Waals surface area contributed by atoms with E-state index in [0.717, 1.165) is 0 Å². The average Bonchev–Trinajstić information content (AvgIpc) is 2.44. The Balaban J connectivity index is 2.54. The van der Waals surface area contributed by atoms with Gasteiger partial charge in [-0.1, -0.05) is 40.9 Å². The molecule has 1 heterocycles. The van der Waals surface area contributed by atoms with Crippen LogP contribution in [0.2, 0.25) is 0 Å². The molecule has 0 radical (unpaired) electrons. The van der Waals surface area contributed by atoms with E-state index in [1.807, 2.05) is 6.07 Å². The maximum atomic E-state index is 13.5. The van der Waals surface area contributed by atoms with E-state index in [0.29, 0.717) is 27.2 Å². The van der Waals surface area contributed by atoms with Crippen LogP contribution in [-0.4, -0.2) is 4.98 Å². The van der Waals surface area contributed by atoms with Gasteiger partial charge in [-0.15, -0.1) is 0 Å². The topological polar surface area (TPSA) is 36.7 Å². The highest BCUT2D eigenvalue weighted by Gasteiger charge is 2.28. The molecule has 0 bridgehead atoms. The first-order chi connectivity index (χ1) is 9.90. The number of rotatable bonds is 0. The summed E-state index contributed by atoms with van der Waals surface area (Å²) in [6.45, 7) is 0. The highest BCUT2D eigenvalue weighted by molar-refractivity contribution is 6.67. The van der Waals surface area contributed by atoms with E-state index in [-0.39, 0.29) is 11.5 Å². The van der Waals surface area contributed by atoms with Gasteiger partial charge >= 0.3 is 0 Å². The maximum Gasteiger partial charge on any atom is 0.233 e. The third-order valence-electron chi connectivity index (χ3n) is 3.15. The van der Waals surface area contributed by atoms with E-state index in [1.165, 1.54) is 18.2 Å². The van der Waals surface area contributed by atoms with E-state index in [4.69, 9.17) is 40.1 Å². The third-order valence-corrected chi connectivity index (χ3v) is 3.69. The van der Waals surface area contributed by atoms with Crippen LogP contribution < -0.4 is 0 Å². The molecule has 0 aliphatic heterocycles. The van der Waals surface area contributed by atoms with Crippen molar-refractivity contribution in [1.82, 2.24) is 4.98 Å². The monoisotopic (exact) mass is 338 g/mol. The van der Waals surface area contributed by atoms with Crippen LogP contribution in [0.3, 0.4) is 0 Å². The van der Waals surface area contributed by atoms with Crippen LogP contribution in [0, 0.1) is 17.1 Å². The number of nitriles is 1. The second kappa shape index (κ2) is 4.99. The molecule has 0 amide bonds. The molecule has 21 heavy (non-hydrogen) atoms. The van der Waals surface area contributed by atoms with Crippen molar-refractivity contribution in [3.8, 4) is 6.07 Å². The molecule has 0 N–H and O–H groups in total. The Morgan fingerprint density at radius 2 is 1.76 bits per heavy atom. The van der Waals surface area contributed by atoms with Gasteiger partial charge in [-0.05, 0) is 35.7 Å². The van der Waals surface area contributed by atoms with Gasteiger partial charge in [0.2, 0.25) is 3.79 Å². The summed E-state index contributed by atoms with van der Waals surface area (Å²) in [6.07, 6.45) is 0. The van der Waals surface area contributed by atoms with Crippen molar-refractivity contribution in [1.29, 1.82) is 5.26 Å². The molecule has 0 fully saturated rings. The largest absolute Gasteiger partial charge is 0.248 e. The Kier molecular flexibility index (Phi) is 3.41. The predicted molar refractivity (Wildman–Crippen MR) is 83.2 cm³/mol. The Labute approximate surface area is 134 Å². The highest BCUT2D eigenvalue weighted by atomic mass is 35.6. The first-order valence-electron chi connectivity index (χ1n) is 5.90. The minimum atomic E-state index is -1.74. The van der Waals surface area contributed by atoms with Crippen LogP contribution in [0.25, 0.3) is 21.7 Å². The maximum absolute atomic E-state index is 13.5. The fourth-order valence-electron chi connectivity index (χ4n) is 2.26. The molecule has 0 aliphatic rings. The van der Waals surface area contributed by atoms with Crippen molar-refractivity contribution in [2.45, 2.75) is 3.79 Å². The van der Waals surface area contributed by atoms with Gasteiger partial charge in [-0.2, -0.15) is 5.26 Å². The van der Waals surface area contributed by atoms with Crippen LogP contribution in [0.15, 0.2) is 36.4 Å². The molecular weight excluding hydrogens is 334 g/mol. The van der Waals surface area contributed by atoms with Crippen molar-refractivity contribution >= 4 is 56.5 Å². The number of alkyl halides is 3. The smallest absolute Gasteiger partial charge is 0.233 e. The molecule has 0 unspecified atom stereocenters. The summed E-state index contributed by atoms with van der Waals surface area (Å²) in [4.78, 5) is 4.32. The average molecular weight is 340 g/mol. The fraction of sp³-hybridized carbons (Fsp3) is 0.0667. The molecule has 3 aromatic rings. The molecular formula is C15H6Cl3FN2. The first kappa shape index (κ1) is 14.3. The lowest BCUT2D eigenvalue weighted by Gasteiger charge is -2.15. The van der Waals surface area contributed by atoms with Crippen molar-refractivity contribution in [2.24, 2.45) is 0 Å². The van der Waals surface area contributed by atoms with Crippen LogP contribution >= 0.6 is 34.8 Å². The number of hydrogen-bond acceptors (Lipinski definition) is 2. The first-order valence-corrected chi connectivity index (χ1v) is 7.04. The molecule has 2 nitrogen and oxygen atoms in total. The summed E-state index contributed by atoms with van der Waals surface area (Å²) in [6, 6.07) is 11.2. The number of nitrogens with zero attached hydrogens (tertiary/aromatic N) is 2. The Bertz CT molecular complexity index is 911. The number of pyridine rings is 1. The molecule has 0 aliphatic carbocycles. The zero-order valence-corrected chi connectivity index (χ0v) is 12.6. The standard InChI is InChI=1S/C15H6Cl3FN2/c16-15(17,18)14-12-5-8(7-20)1-3-10(12)11-6-9(19)2-4-13(11)21-14/h1-6H. The summed E-state index contributed by atoms with van der Waals surface area (Å²) < 4.78 is 11.7. The van der Waals surface area contributed by atoms with Gasteiger partial charge < -0.3 is 0 Å². The lowest BCUT2D eigenvalue weighted by atomic mass is 10.0. The molecule has 0 atom stereocenters. The van der Waals surface area contributed by atoms with Crippen molar-refractivity contribution < 1.29 is 4.39 Å². The van der Waals surface area contributed by atoms with E-state index in [1.54, 1.807) is 18.2 Å². The predicted octanol–water partition coefficient (Wildman–Crippen LogP) is 5.23. The second-order valence-electron chi connectivity index (χ2n) is 4.49. The van der Waals surface area contributed by atoms with Gasteiger partial charge in [0.15, 0.2) is 0 Å². The summed E-state index contributed by atoms with van der Waals surface area (Å²) in [5.41, 5.74) is 1.16. The van der Waals surface area contributed by atoms with E-state index < -0.39 is 3.79 Å². The van der Waals surface area contributed by atoms with Crippen LogP contribution in [0.1, 0.15) is 11.3 Å². The number of aromatic nitrogens is 1. The third kappa shape index (κ3) is 2.51. The molecule has 0 spiro atoms. The van der Waals surface area contributed by atoms with E-state index in [2.05, 4.69) is 4.98 Å². The minimum absolute atomic E-state index is 0.221. The lowest BCUT2D eigenvalue weighted by Crippen LogP contribution is -2.05. The van der Waals surface area contributed by atoms with Crippen molar-refractivity contribution in [3.05, 3.63) is 53.5 Å². The van der Waals surface area contributed by atoms with Gasteiger partial charge in [-0.25, -0.2) is 9.37 Å². The fourth-order valence-corrected chi connectivity index (χ4v) is 2.70. The van der Waals surface area contributed by atoms with Crippen molar-refractivity contribution in [2.75, 3.05) is 0 Å². The summed E-state index contributed by atoms with van der Waals surface area (Å²) in [5, 5.41) is 10.8.